The number of nitrogens with one attached hydrogen (secondary N) is 2. The van der Waals surface area contributed by atoms with Gasteiger partial charge in [0.05, 0.1) is 33.4 Å². The lowest BCUT2D eigenvalue weighted by Crippen LogP contribution is -2.06. The summed E-state index contributed by atoms with van der Waals surface area (Å²) in [7, 11) is 0. The molecule has 0 aromatic heterocycles. The monoisotopic (exact) mass is 433 g/mol. The Morgan fingerprint density at radius 1 is 1.00 bits per heavy atom. The Hall–Kier alpha value is -2.64. The number of alkyl halides is 3. The summed E-state index contributed by atoms with van der Waals surface area (Å²) in [6, 6.07) is 17.0. The molecular weight excluding hydrogens is 419 g/mol. The van der Waals surface area contributed by atoms with Gasteiger partial charge in [0, 0.05) is 9.79 Å². The maximum atomic E-state index is 12.9. The first kappa shape index (κ1) is 19.7. The molecule has 1 aliphatic heterocycles. The maximum Gasteiger partial charge on any atom is 0.416 e. The van der Waals surface area contributed by atoms with Gasteiger partial charge in [-0.05, 0) is 55.0 Å². The fourth-order valence-corrected chi connectivity index (χ4v) is 3.99. The molecule has 2 N–H and O–H groups in total. The summed E-state index contributed by atoms with van der Waals surface area (Å²) in [6.07, 6.45) is -4.45. The summed E-state index contributed by atoms with van der Waals surface area (Å²) in [4.78, 5) is 2.24. The summed E-state index contributed by atoms with van der Waals surface area (Å²) in [5.74, 6) is 0. The lowest BCUT2D eigenvalue weighted by Gasteiger charge is -2.21. The van der Waals surface area contributed by atoms with E-state index in [0.717, 1.165) is 38.9 Å². The predicted molar refractivity (Wildman–Crippen MR) is 113 cm³/mol. The number of fused-ring (bicyclic) bond motifs is 2. The van der Waals surface area contributed by atoms with E-state index < -0.39 is 11.7 Å². The molecule has 29 heavy (non-hydrogen) atoms. The molecule has 0 amide bonds. The van der Waals surface area contributed by atoms with E-state index in [4.69, 9.17) is 11.6 Å². The average molecular weight is 434 g/mol. The molecule has 8 heteroatoms. The van der Waals surface area contributed by atoms with Crippen molar-refractivity contribution in [3.8, 4) is 0 Å². The van der Waals surface area contributed by atoms with Crippen LogP contribution >= 0.6 is 23.4 Å². The first-order valence-electron chi connectivity index (χ1n) is 8.66. The van der Waals surface area contributed by atoms with Crippen molar-refractivity contribution in [2.24, 2.45) is 5.10 Å². The maximum absolute atomic E-state index is 12.9. The molecule has 148 valence electrons. The van der Waals surface area contributed by atoms with Gasteiger partial charge in [-0.25, -0.2) is 0 Å². The standard InChI is InChI=1S/C21H15ClF3N3S/c1-12(27-28-17-11-14(21(23,24)25)7-8-15(17)22)13-6-9-20-18(10-13)26-16-4-2-3-5-19(16)29-20/h2-11,26,28H,1H3/b27-12-. The Labute approximate surface area is 175 Å². The van der Waals surface area contributed by atoms with Crippen LogP contribution in [-0.2, 0) is 6.18 Å². The van der Waals surface area contributed by atoms with Crippen molar-refractivity contribution in [1.82, 2.24) is 0 Å². The largest absolute Gasteiger partial charge is 0.416 e. The molecule has 0 saturated heterocycles. The molecule has 0 spiro atoms. The number of halogens is 4. The molecule has 0 atom stereocenters. The van der Waals surface area contributed by atoms with Crippen LogP contribution in [0.25, 0.3) is 0 Å². The second-order valence-electron chi connectivity index (χ2n) is 6.44. The predicted octanol–water partition coefficient (Wildman–Crippen LogP) is 7.40. The van der Waals surface area contributed by atoms with E-state index >= 15 is 0 Å². The second kappa shape index (κ2) is 7.65. The molecule has 3 aromatic carbocycles. The number of nitrogens with zero attached hydrogens (tertiary/aromatic N) is 1. The van der Waals surface area contributed by atoms with E-state index in [9.17, 15) is 13.2 Å². The molecular formula is C21H15ClF3N3S. The summed E-state index contributed by atoms with van der Waals surface area (Å²) in [5.41, 5.74) is 5.41. The van der Waals surface area contributed by atoms with Gasteiger partial charge in [0.2, 0.25) is 0 Å². The van der Waals surface area contributed by atoms with Crippen LogP contribution in [0.1, 0.15) is 18.1 Å². The Balaban J connectivity index is 1.57. The smallest absolute Gasteiger partial charge is 0.354 e. The lowest BCUT2D eigenvalue weighted by molar-refractivity contribution is -0.137. The van der Waals surface area contributed by atoms with E-state index in [2.05, 4.69) is 21.9 Å². The molecule has 0 bridgehead atoms. The van der Waals surface area contributed by atoms with Crippen LogP contribution in [0.3, 0.4) is 0 Å². The second-order valence-corrected chi connectivity index (χ2v) is 7.93. The van der Waals surface area contributed by atoms with Crippen molar-refractivity contribution in [3.05, 3.63) is 76.8 Å². The van der Waals surface area contributed by atoms with Crippen LogP contribution in [0, 0.1) is 0 Å². The number of hydrogen-bond donors (Lipinski definition) is 2. The zero-order valence-electron chi connectivity index (χ0n) is 15.1. The van der Waals surface area contributed by atoms with Crippen LogP contribution < -0.4 is 10.7 Å². The highest BCUT2D eigenvalue weighted by molar-refractivity contribution is 7.99. The minimum atomic E-state index is -4.45. The molecule has 1 aliphatic rings. The van der Waals surface area contributed by atoms with Gasteiger partial charge in [-0.2, -0.15) is 18.3 Å². The molecule has 1 heterocycles. The first-order valence-corrected chi connectivity index (χ1v) is 9.86. The number of anilines is 3. The third-order valence-electron chi connectivity index (χ3n) is 4.41. The summed E-state index contributed by atoms with van der Waals surface area (Å²) >= 11 is 7.68. The highest BCUT2D eigenvalue weighted by atomic mass is 35.5. The molecule has 0 fully saturated rings. The topological polar surface area (TPSA) is 36.4 Å². The van der Waals surface area contributed by atoms with Crippen LogP contribution in [0.5, 0.6) is 0 Å². The highest BCUT2D eigenvalue weighted by Crippen LogP contribution is 2.44. The lowest BCUT2D eigenvalue weighted by atomic mass is 10.1. The van der Waals surface area contributed by atoms with Crippen LogP contribution in [0.2, 0.25) is 5.02 Å². The Bertz CT molecular complexity index is 1110. The number of hydrazone groups is 1. The molecule has 0 aliphatic carbocycles. The fraction of sp³-hybridized carbons (Fsp3) is 0.0952. The molecule has 4 rings (SSSR count). The summed E-state index contributed by atoms with van der Waals surface area (Å²) in [6.45, 7) is 1.78. The first-order chi connectivity index (χ1) is 13.8. The van der Waals surface area contributed by atoms with Crippen molar-refractivity contribution in [2.45, 2.75) is 22.9 Å². The van der Waals surface area contributed by atoms with Gasteiger partial charge in [-0.3, -0.25) is 5.43 Å². The van der Waals surface area contributed by atoms with Crippen LogP contribution in [0.15, 0.2) is 75.6 Å². The highest BCUT2D eigenvalue weighted by Gasteiger charge is 2.31. The van der Waals surface area contributed by atoms with Gasteiger partial charge in [0.25, 0.3) is 0 Å². The number of hydrogen-bond acceptors (Lipinski definition) is 4. The third-order valence-corrected chi connectivity index (χ3v) is 5.89. The number of para-hydroxylation sites is 1. The average Bonchev–Trinajstić information content (AvgIpc) is 2.70. The number of benzene rings is 3. The van der Waals surface area contributed by atoms with Gasteiger partial charge < -0.3 is 5.32 Å². The van der Waals surface area contributed by atoms with Gasteiger partial charge in [-0.1, -0.05) is 41.6 Å². The third kappa shape index (κ3) is 4.21. The van der Waals surface area contributed by atoms with Gasteiger partial charge >= 0.3 is 6.18 Å². The molecule has 3 aromatic rings. The SMILES string of the molecule is C/C(=N/Nc1cc(C(F)(F)F)ccc1Cl)c1ccc2c(c1)Nc1ccccc1S2. The van der Waals surface area contributed by atoms with E-state index in [-0.39, 0.29) is 10.7 Å². The van der Waals surface area contributed by atoms with E-state index in [0.29, 0.717) is 5.71 Å². The van der Waals surface area contributed by atoms with Crippen molar-refractivity contribution in [1.29, 1.82) is 0 Å². The zero-order valence-corrected chi connectivity index (χ0v) is 16.7. The quantitative estimate of drug-likeness (QED) is 0.261. The minimum absolute atomic E-state index is 0.0985. The molecule has 0 unspecified atom stereocenters. The summed E-state index contributed by atoms with van der Waals surface area (Å²) in [5, 5.41) is 7.78. The van der Waals surface area contributed by atoms with Gasteiger partial charge in [-0.15, -0.1) is 0 Å². The fourth-order valence-electron chi connectivity index (χ4n) is 2.86. The summed E-state index contributed by atoms with van der Waals surface area (Å²) < 4.78 is 38.7. The zero-order chi connectivity index (χ0) is 20.6. The Morgan fingerprint density at radius 2 is 1.76 bits per heavy atom. The van der Waals surface area contributed by atoms with Crippen molar-refractivity contribution >= 4 is 46.1 Å². The van der Waals surface area contributed by atoms with Crippen LogP contribution in [0.4, 0.5) is 30.2 Å². The van der Waals surface area contributed by atoms with Crippen LogP contribution in [-0.4, -0.2) is 5.71 Å². The molecule has 0 saturated carbocycles. The van der Waals surface area contributed by atoms with E-state index in [1.807, 2.05) is 36.4 Å². The number of rotatable bonds is 3. The molecule has 0 radical (unpaired) electrons. The van der Waals surface area contributed by atoms with E-state index in [1.165, 1.54) is 6.07 Å². The van der Waals surface area contributed by atoms with Crippen molar-refractivity contribution in [2.75, 3.05) is 10.7 Å². The van der Waals surface area contributed by atoms with Gasteiger partial charge in [0.15, 0.2) is 0 Å². The Morgan fingerprint density at radius 3 is 2.55 bits per heavy atom. The van der Waals surface area contributed by atoms with Crippen molar-refractivity contribution in [3.63, 3.8) is 0 Å². The van der Waals surface area contributed by atoms with Crippen molar-refractivity contribution < 1.29 is 13.2 Å². The molecule has 3 nitrogen and oxygen atoms in total. The minimum Gasteiger partial charge on any atom is -0.354 e. The normalized spacial score (nSPS) is 13.3. The van der Waals surface area contributed by atoms with Gasteiger partial charge in [0.1, 0.15) is 0 Å². The van der Waals surface area contributed by atoms with E-state index in [1.54, 1.807) is 18.7 Å². The Kier molecular flexibility index (Phi) is 5.19.